The molecule has 1 aliphatic rings. The zero-order valence-electron chi connectivity index (χ0n) is 10.2. The third kappa shape index (κ3) is 4.94. The minimum atomic E-state index is -0.531. The highest BCUT2D eigenvalue weighted by Gasteiger charge is 2.23. The Labute approximate surface area is 97.4 Å². The van der Waals surface area contributed by atoms with Crippen molar-refractivity contribution in [3.8, 4) is 0 Å². The lowest BCUT2D eigenvalue weighted by Crippen LogP contribution is -2.32. The van der Waals surface area contributed by atoms with Gasteiger partial charge < -0.3 is 15.2 Å². The van der Waals surface area contributed by atoms with Crippen molar-refractivity contribution in [1.82, 2.24) is 5.32 Å². The number of hydrogen-bond donors (Lipinski definition) is 2. The van der Waals surface area contributed by atoms with Crippen LogP contribution in [0, 0.1) is 5.92 Å². The Bertz CT molecular complexity index is 218. The largest absolute Gasteiger partial charge is 0.391 e. The highest BCUT2D eigenvalue weighted by atomic mass is 16.5. The molecule has 1 rings (SSSR count). The van der Waals surface area contributed by atoms with E-state index in [-0.39, 0.29) is 17.9 Å². The maximum atomic E-state index is 11.6. The summed E-state index contributed by atoms with van der Waals surface area (Å²) in [7, 11) is 0. The summed E-state index contributed by atoms with van der Waals surface area (Å²) in [5, 5.41) is 12.6. The van der Waals surface area contributed by atoms with E-state index < -0.39 is 6.10 Å². The zero-order chi connectivity index (χ0) is 12.0. The molecule has 16 heavy (non-hydrogen) atoms. The molecule has 2 atom stereocenters. The molecule has 0 saturated carbocycles. The lowest BCUT2D eigenvalue weighted by atomic mass is 9.96. The van der Waals surface area contributed by atoms with E-state index in [1.165, 1.54) is 0 Å². The monoisotopic (exact) mass is 229 g/mol. The Hall–Kier alpha value is -0.610. The number of rotatable bonds is 5. The number of ether oxygens (including phenoxy) is 1. The van der Waals surface area contributed by atoms with Gasteiger partial charge in [0.2, 0.25) is 5.91 Å². The Kier molecular flexibility index (Phi) is 5.77. The van der Waals surface area contributed by atoms with Crippen molar-refractivity contribution in [3.05, 3.63) is 0 Å². The van der Waals surface area contributed by atoms with Crippen molar-refractivity contribution < 1.29 is 14.6 Å². The molecule has 0 radical (unpaired) electrons. The molecule has 0 aromatic carbocycles. The Balaban J connectivity index is 2.30. The highest BCUT2D eigenvalue weighted by molar-refractivity contribution is 5.78. The first-order valence-electron chi connectivity index (χ1n) is 6.17. The van der Waals surface area contributed by atoms with Gasteiger partial charge in [0, 0.05) is 12.5 Å². The van der Waals surface area contributed by atoms with Gasteiger partial charge in [-0.3, -0.25) is 4.79 Å². The van der Waals surface area contributed by atoms with Gasteiger partial charge in [-0.1, -0.05) is 6.42 Å². The van der Waals surface area contributed by atoms with Gasteiger partial charge in [0.1, 0.15) is 0 Å². The van der Waals surface area contributed by atoms with Gasteiger partial charge in [-0.2, -0.15) is 0 Å². The normalized spacial score (nSPS) is 24.0. The van der Waals surface area contributed by atoms with Crippen LogP contribution in [-0.2, 0) is 9.53 Å². The Morgan fingerprint density at radius 1 is 1.50 bits per heavy atom. The van der Waals surface area contributed by atoms with Crippen LogP contribution >= 0.6 is 0 Å². The van der Waals surface area contributed by atoms with Crippen LogP contribution < -0.4 is 5.32 Å². The third-order valence-corrected chi connectivity index (χ3v) is 2.83. The second-order valence-corrected chi connectivity index (χ2v) is 4.76. The number of carbonyl (C=O) groups is 1. The molecule has 1 saturated heterocycles. The Morgan fingerprint density at radius 2 is 2.25 bits per heavy atom. The fraction of sp³-hybridized carbons (Fsp3) is 0.917. The van der Waals surface area contributed by atoms with Gasteiger partial charge in [-0.15, -0.1) is 0 Å². The van der Waals surface area contributed by atoms with E-state index in [1.54, 1.807) is 0 Å². The van der Waals surface area contributed by atoms with E-state index in [0.717, 1.165) is 25.8 Å². The topological polar surface area (TPSA) is 58.6 Å². The van der Waals surface area contributed by atoms with Crippen LogP contribution in [0.3, 0.4) is 0 Å². The maximum absolute atomic E-state index is 11.6. The van der Waals surface area contributed by atoms with Crippen LogP contribution in [0.15, 0.2) is 0 Å². The minimum absolute atomic E-state index is 0.0479. The van der Waals surface area contributed by atoms with Crippen LogP contribution in [0.1, 0.15) is 39.5 Å². The quantitative estimate of drug-likeness (QED) is 0.741. The molecule has 4 heteroatoms. The summed E-state index contributed by atoms with van der Waals surface area (Å²) in [5.41, 5.74) is 0. The molecule has 1 aliphatic heterocycles. The van der Waals surface area contributed by atoms with Crippen LogP contribution in [0.5, 0.6) is 0 Å². The van der Waals surface area contributed by atoms with Crippen molar-refractivity contribution in [2.75, 3.05) is 13.2 Å². The number of hydrogen-bond acceptors (Lipinski definition) is 3. The first-order valence-corrected chi connectivity index (χ1v) is 6.17. The predicted molar refractivity (Wildman–Crippen MR) is 62.1 cm³/mol. The lowest BCUT2D eigenvalue weighted by Gasteiger charge is -2.18. The van der Waals surface area contributed by atoms with E-state index in [1.807, 2.05) is 13.8 Å². The molecule has 1 fully saturated rings. The summed E-state index contributed by atoms with van der Waals surface area (Å²) in [6.07, 6.45) is 3.08. The van der Waals surface area contributed by atoms with E-state index in [0.29, 0.717) is 13.0 Å². The number of amides is 1. The molecule has 0 spiro atoms. The van der Waals surface area contributed by atoms with E-state index in [2.05, 4.69) is 5.32 Å². The molecule has 4 nitrogen and oxygen atoms in total. The fourth-order valence-electron chi connectivity index (χ4n) is 1.93. The number of nitrogens with one attached hydrogen (secondary N) is 1. The van der Waals surface area contributed by atoms with Crippen LogP contribution in [0.4, 0.5) is 0 Å². The van der Waals surface area contributed by atoms with E-state index in [9.17, 15) is 9.90 Å². The molecule has 1 heterocycles. The zero-order valence-corrected chi connectivity index (χ0v) is 10.2. The molecule has 0 aromatic rings. The Morgan fingerprint density at radius 3 is 2.94 bits per heavy atom. The second-order valence-electron chi connectivity index (χ2n) is 4.76. The fourth-order valence-corrected chi connectivity index (χ4v) is 1.93. The molecule has 2 unspecified atom stereocenters. The lowest BCUT2D eigenvalue weighted by molar-refractivity contribution is -0.126. The molecule has 0 bridgehead atoms. The molecule has 94 valence electrons. The summed E-state index contributed by atoms with van der Waals surface area (Å²) in [5.74, 6) is 0.0364. The molecule has 2 N–H and O–H groups in total. The second kappa shape index (κ2) is 6.86. The van der Waals surface area contributed by atoms with Crippen molar-refractivity contribution >= 4 is 5.91 Å². The minimum Gasteiger partial charge on any atom is -0.391 e. The van der Waals surface area contributed by atoms with Crippen molar-refractivity contribution in [2.24, 2.45) is 5.92 Å². The summed E-state index contributed by atoms with van der Waals surface area (Å²) in [6, 6.07) is 0. The van der Waals surface area contributed by atoms with Gasteiger partial charge in [0.25, 0.3) is 0 Å². The number of carbonyl (C=O) groups excluding carboxylic acids is 1. The number of aliphatic hydroxyl groups is 1. The van der Waals surface area contributed by atoms with Gasteiger partial charge in [-0.25, -0.2) is 0 Å². The summed E-state index contributed by atoms with van der Waals surface area (Å²) in [4.78, 5) is 11.6. The van der Waals surface area contributed by atoms with Gasteiger partial charge in [0.15, 0.2) is 0 Å². The van der Waals surface area contributed by atoms with Crippen LogP contribution in [-0.4, -0.2) is 36.4 Å². The maximum Gasteiger partial charge on any atom is 0.223 e. The average Bonchev–Trinajstić information content (AvgIpc) is 2.42. The highest BCUT2D eigenvalue weighted by Crippen LogP contribution is 2.18. The van der Waals surface area contributed by atoms with Crippen molar-refractivity contribution in [3.63, 3.8) is 0 Å². The average molecular weight is 229 g/mol. The summed E-state index contributed by atoms with van der Waals surface area (Å²) < 4.78 is 5.33. The molecule has 0 aliphatic carbocycles. The van der Waals surface area contributed by atoms with Crippen molar-refractivity contribution in [2.45, 2.75) is 51.7 Å². The molecular formula is C12H23NO3. The van der Waals surface area contributed by atoms with E-state index >= 15 is 0 Å². The summed E-state index contributed by atoms with van der Waals surface area (Å²) in [6.45, 7) is 4.96. The number of aliphatic hydroxyl groups excluding tert-OH is 1. The van der Waals surface area contributed by atoms with Gasteiger partial charge in [-0.05, 0) is 33.1 Å². The summed E-state index contributed by atoms with van der Waals surface area (Å²) >= 11 is 0. The van der Waals surface area contributed by atoms with Gasteiger partial charge >= 0.3 is 0 Å². The molecule has 0 aromatic heterocycles. The predicted octanol–water partition coefficient (Wildman–Crippen LogP) is 1.08. The van der Waals surface area contributed by atoms with Crippen LogP contribution in [0.2, 0.25) is 0 Å². The standard InChI is InChI=1S/C12H23NO3/c1-9(2)16-8-11(14)7-10-5-3-4-6-13-12(10)15/h9-11,14H,3-8H2,1-2H3,(H,13,15). The first kappa shape index (κ1) is 13.5. The smallest absolute Gasteiger partial charge is 0.223 e. The first-order chi connectivity index (χ1) is 7.59. The van der Waals surface area contributed by atoms with Gasteiger partial charge in [0.05, 0.1) is 18.8 Å². The molecule has 1 amide bonds. The van der Waals surface area contributed by atoms with Crippen molar-refractivity contribution in [1.29, 1.82) is 0 Å². The SMILES string of the molecule is CC(C)OCC(O)CC1CCCCNC1=O. The van der Waals surface area contributed by atoms with E-state index in [4.69, 9.17) is 4.74 Å². The molecular weight excluding hydrogens is 206 g/mol. The third-order valence-electron chi connectivity index (χ3n) is 2.83. The van der Waals surface area contributed by atoms with Crippen LogP contribution in [0.25, 0.3) is 0 Å².